The van der Waals surface area contributed by atoms with Crippen molar-refractivity contribution in [1.82, 2.24) is 0 Å². The minimum Gasteiger partial charge on any atom is -0.462 e. The van der Waals surface area contributed by atoms with Gasteiger partial charge in [-0.15, -0.1) is 0 Å². The van der Waals surface area contributed by atoms with E-state index in [9.17, 15) is 43.2 Å². The zero-order chi connectivity index (χ0) is 78.5. The Balaban J connectivity index is 5.25. The van der Waals surface area contributed by atoms with Gasteiger partial charge in [-0.2, -0.15) is 0 Å². The van der Waals surface area contributed by atoms with Gasteiger partial charge in [0.1, 0.15) is 19.3 Å². The molecule has 0 amide bonds. The number of esters is 4. The fraction of sp³-hybridized carbons (Fsp3) is 0.955. The molecular weight excluding hydrogens is 1390 g/mol. The molecule has 636 valence electrons. The summed E-state index contributed by atoms with van der Waals surface area (Å²) >= 11 is 0. The van der Waals surface area contributed by atoms with Crippen molar-refractivity contribution in [3.63, 3.8) is 0 Å². The smallest absolute Gasteiger partial charge is 0.462 e. The molecule has 0 aromatic heterocycles. The van der Waals surface area contributed by atoms with Crippen LogP contribution in [0.1, 0.15) is 472 Å². The number of aliphatic hydroxyl groups is 1. The van der Waals surface area contributed by atoms with Gasteiger partial charge in [-0.3, -0.25) is 37.3 Å². The zero-order valence-corrected chi connectivity index (χ0v) is 72.2. The minimum atomic E-state index is -4.97. The van der Waals surface area contributed by atoms with Gasteiger partial charge >= 0.3 is 39.5 Å². The van der Waals surface area contributed by atoms with E-state index in [2.05, 4.69) is 41.5 Å². The summed E-state index contributed by atoms with van der Waals surface area (Å²) in [6.45, 7) is 9.69. The van der Waals surface area contributed by atoms with Crippen LogP contribution in [0.4, 0.5) is 0 Å². The van der Waals surface area contributed by atoms with E-state index in [0.717, 1.165) is 102 Å². The first-order valence-electron chi connectivity index (χ1n) is 45.5. The maximum atomic E-state index is 13.2. The van der Waals surface area contributed by atoms with Crippen LogP contribution in [0.5, 0.6) is 0 Å². The van der Waals surface area contributed by atoms with E-state index in [1.165, 1.54) is 289 Å². The zero-order valence-electron chi connectivity index (χ0n) is 70.5. The Morgan fingerprint density at radius 3 is 0.636 bits per heavy atom. The van der Waals surface area contributed by atoms with E-state index in [1.807, 2.05) is 0 Å². The van der Waals surface area contributed by atoms with Crippen LogP contribution in [0.2, 0.25) is 0 Å². The van der Waals surface area contributed by atoms with Gasteiger partial charge in [0.05, 0.1) is 26.4 Å². The number of carbonyl (C=O) groups excluding carboxylic acids is 4. The van der Waals surface area contributed by atoms with Crippen LogP contribution in [-0.2, 0) is 65.4 Å². The second-order valence-electron chi connectivity index (χ2n) is 32.6. The maximum Gasteiger partial charge on any atom is 0.472 e. The van der Waals surface area contributed by atoms with Crippen LogP contribution in [0.3, 0.4) is 0 Å². The molecule has 0 fully saturated rings. The van der Waals surface area contributed by atoms with Gasteiger partial charge in [-0.05, 0) is 37.5 Å². The Bertz CT molecular complexity index is 2050. The van der Waals surface area contributed by atoms with Crippen molar-refractivity contribution in [3.8, 4) is 0 Å². The van der Waals surface area contributed by atoms with Gasteiger partial charge < -0.3 is 33.8 Å². The highest BCUT2D eigenvalue weighted by Gasteiger charge is 2.30. The van der Waals surface area contributed by atoms with Crippen LogP contribution in [0.15, 0.2) is 0 Å². The summed E-state index contributed by atoms with van der Waals surface area (Å²) in [5, 5.41) is 10.7. The molecule has 3 N–H and O–H groups in total. The van der Waals surface area contributed by atoms with Gasteiger partial charge in [0.15, 0.2) is 12.2 Å². The van der Waals surface area contributed by atoms with E-state index in [0.29, 0.717) is 25.7 Å². The molecule has 0 aliphatic carbocycles. The number of phosphoric ester groups is 2. The van der Waals surface area contributed by atoms with Crippen molar-refractivity contribution < 1.29 is 80.2 Å². The average Bonchev–Trinajstić information content (AvgIpc) is 0.905. The van der Waals surface area contributed by atoms with Crippen LogP contribution in [0.25, 0.3) is 0 Å². The second-order valence-corrected chi connectivity index (χ2v) is 35.5. The lowest BCUT2D eigenvalue weighted by molar-refractivity contribution is -0.161. The lowest BCUT2D eigenvalue weighted by atomic mass is 10.0. The summed E-state index contributed by atoms with van der Waals surface area (Å²) in [4.78, 5) is 73.3. The monoisotopic (exact) mass is 1560 g/mol. The molecule has 0 rings (SSSR count). The van der Waals surface area contributed by atoms with Crippen LogP contribution >= 0.6 is 15.6 Å². The predicted octanol–water partition coefficient (Wildman–Crippen LogP) is 27.0. The highest BCUT2D eigenvalue weighted by atomic mass is 31.2. The number of phosphoric acid groups is 2. The quantitative estimate of drug-likeness (QED) is 0.0222. The standard InChI is InChI=1S/C88H172O17P2/c1-7-9-11-13-15-17-19-21-23-25-27-29-31-36-40-46-52-58-64-70-85(90)98-76-83(104-87(92)72-66-60-54-47-41-37-32-30-28-26-24-22-20-18-16-14-12-10-8-2)78-102-106(94,95)100-74-82(89)75-101-107(96,97)103-79-84(77-99-86(91)71-65-59-53-49-43-45-51-57-63-69-81(5)6)105-88(93)73-67-61-55-48-42-38-34-33-35-39-44-50-56-62-68-80(3)4/h80-84,89H,7-79H2,1-6H3,(H,94,95)(H,96,97)/t82-,83-,84-/m1/s1. The second kappa shape index (κ2) is 79.3. The van der Waals surface area contributed by atoms with Gasteiger partial charge in [0.2, 0.25) is 0 Å². The van der Waals surface area contributed by atoms with Gasteiger partial charge in [0, 0.05) is 25.7 Å². The fourth-order valence-electron chi connectivity index (χ4n) is 13.8. The maximum absolute atomic E-state index is 13.2. The van der Waals surface area contributed by atoms with Crippen molar-refractivity contribution in [3.05, 3.63) is 0 Å². The minimum absolute atomic E-state index is 0.108. The van der Waals surface area contributed by atoms with E-state index in [1.54, 1.807) is 0 Å². The van der Waals surface area contributed by atoms with Crippen molar-refractivity contribution in [2.75, 3.05) is 39.6 Å². The van der Waals surface area contributed by atoms with E-state index in [-0.39, 0.29) is 25.7 Å². The predicted molar refractivity (Wildman–Crippen MR) is 442 cm³/mol. The van der Waals surface area contributed by atoms with Crippen LogP contribution in [-0.4, -0.2) is 96.7 Å². The third-order valence-corrected chi connectivity index (χ3v) is 22.6. The van der Waals surface area contributed by atoms with Crippen molar-refractivity contribution in [2.45, 2.75) is 490 Å². The fourth-order valence-corrected chi connectivity index (χ4v) is 15.4. The molecule has 0 saturated heterocycles. The molecule has 0 bridgehead atoms. The number of hydrogen-bond acceptors (Lipinski definition) is 15. The molecule has 5 atom stereocenters. The first-order chi connectivity index (χ1) is 51.9. The number of rotatable bonds is 87. The molecule has 17 nitrogen and oxygen atoms in total. The Hall–Kier alpha value is -1.94. The lowest BCUT2D eigenvalue weighted by Crippen LogP contribution is -2.30. The number of carbonyl (C=O) groups is 4. The molecule has 0 heterocycles. The SMILES string of the molecule is CCCCCCCCCCCCCCCCCCCCCC(=O)OC[C@H](COP(=O)(O)OC[C@@H](O)COP(=O)(O)OC[C@@H](COC(=O)CCCCCCCCCCCC(C)C)OC(=O)CCCCCCCCCCCCCCCCC(C)C)OC(=O)CCCCCCCCCCCCCCCCCCCCC. The topological polar surface area (TPSA) is 237 Å². The van der Waals surface area contributed by atoms with Gasteiger partial charge in [-0.25, -0.2) is 9.13 Å². The van der Waals surface area contributed by atoms with E-state index in [4.69, 9.17) is 37.0 Å². The summed E-state index contributed by atoms with van der Waals surface area (Å²) in [6, 6.07) is 0. The Morgan fingerprint density at radius 2 is 0.430 bits per heavy atom. The summed E-state index contributed by atoms with van der Waals surface area (Å²) in [7, 11) is -9.93. The summed E-state index contributed by atoms with van der Waals surface area (Å²) in [5.74, 6) is -0.560. The summed E-state index contributed by atoms with van der Waals surface area (Å²) in [6.07, 6.45) is 72.2. The van der Waals surface area contributed by atoms with E-state index >= 15 is 0 Å². The van der Waals surface area contributed by atoms with Crippen molar-refractivity contribution in [1.29, 1.82) is 0 Å². The third-order valence-electron chi connectivity index (χ3n) is 20.7. The summed E-state index contributed by atoms with van der Waals surface area (Å²) in [5.41, 5.74) is 0. The Kier molecular flexibility index (Phi) is 77.9. The molecule has 19 heteroatoms. The molecular formula is C88H172O17P2. The summed E-state index contributed by atoms with van der Waals surface area (Å²) < 4.78 is 69.0. The molecule has 0 spiro atoms. The van der Waals surface area contributed by atoms with Crippen molar-refractivity contribution >= 4 is 39.5 Å². The van der Waals surface area contributed by atoms with Crippen molar-refractivity contribution in [2.24, 2.45) is 11.8 Å². The first-order valence-corrected chi connectivity index (χ1v) is 48.5. The van der Waals surface area contributed by atoms with Gasteiger partial charge in [-0.1, -0.05) is 420 Å². The Labute approximate surface area is 658 Å². The molecule has 2 unspecified atom stereocenters. The molecule has 0 radical (unpaired) electrons. The normalized spacial score (nSPS) is 13.8. The largest absolute Gasteiger partial charge is 0.472 e. The highest BCUT2D eigenvalue weighted by molar-refractivity contribution is 7.47. The van der Waals surface area contributed by atoms with Gasteiger partial charge in [0.25, 0.3) is 0 Å². The first kappa shape index (κ1) is 105. The number of aliphatic hydroxyl groups excluding tert-OH is 1. The van der Waals surface area contributed by atoms with Crippen LogP contribution in [0, 0.1) is 11.8 Å². The number of unbranched alkanes of at least 4 members (excludes halogenated alkanes) is 57. The molecule has 107 heavy (non-hydrogen) atoms. The molecule has 0 aromatic rings. The number of hydrogen-bond donors (Lipinski definition) is 3. The number of ether oxygens (including phenoxy) is 4. The van der Waals surface area contributed by atoms with E-state index < -0.39 is 97.5 Å². The lowest BCUT2D eigenvalue weighted by Gasteiger charge is -2.21. The average molecular weight is 1560 g/mol. The third kappa shape index (κ3) is 81.9. The van der Waals surface area contributed by atoms with Crippen LogP contribution < -0.4 is 0 Å². The Morgan fingerprint density at radius 1 is 0.252 bits per heavy atom. The molecule has 0 aliphatic heterocycles. The highest BCUT2D eigenvalue weighted by Crippen LogP contribution is 2.45. The molecule has 0 aliphatic rings. The molecule has 0 saturated carbocycles. The molecule has 0 aromatic carbocycles.